The van der Waals surface area contributed by atoms with E-state index in [1.54, 1.807) is 6.07 Å². The molecule has 2 aromatic rings. The summed E-state index contributed by atoms with van der Waals surface area (Å²) in [5.74, 6) is -1.56. The van der Waals surface area contributed by atoms with Gasteiger partial charge in [0.2, 0.25) is 0 Å². The van der Waals surface area contributed by atoms with Crippen molar-refractivity contribution in [1.82, 2.24) is 4.98 Å². The lowest BCUT2D eigenvalue weighted by Crippen LogP contribution is -2.21. The lowest BCUT2D eigenvalue weighted by atomic mass is 10.2. The first-order chi connectivity index (χ1) is 10.9. The molecule has 6 nitrogen and oxygen atoms in total. The zero-order valence-electron chi connectivity index (χ0n) is 11.3. The maximum absolute atomic E-state index is 11.9. The number of carbonyl (C=O) groups excluding carboxylic acids is 2. The van der Waals surface area contributed by atoms with Crippen molar-refractivity contribution < 1.29 is 19.4 Å². The van der Waals surface area contributed by atoms with Gasteiger partial charge in [-0.05, 0) is 46.9 Å². The molecule has 1 aromatic heterocycles. The lowest BCUT2D eigenvalue weighted by molar-refractivity contribution is -0.119. The Kier molecular flexibility index (Phi) is 6.03. The number of carbonyl (C=O) groups is 2. The Morgan fingerprint density at radius 3 is 2.74 bits per heavy atom. The summed E-state index contributed by atoms with van der Waals surface area (Å²) in [6.07, 6.45) is 1.32. The fourth-order valence-corrected chi connectivity index (χ4v) is 2.47. The minimum Gasteiger partial charge on any atom is -0.507 e. The minimum absolute atomic E-state index is 0.0210. The number of esters is 1. The molecule has 0 radical (unpaired) electrons. The number of ether oxygens (including phenoxy) is 1. The Bertz CT molecular complexity index is 770. The van der Waals surface area contributed by atoms with Gasteiger partial charge in [-0.15, -0.1) is 0 Å². The number of amides is 1. The maximum atomic E-state index is 11.9. The van der Waals surface area contributed by atoms with Crippen LogP contribution < -0.4 is 5.32 Å². The molecular formula is C14H9Cl2IN2O4. The van der Waals surface area contributed by atoms with Crippen LogP contribution in [0.4, 0.5) is 5.82 Å². The summed E-state index contributed by atoms with van der Waals surface area (Å²) in [5, 5.41) is 12.5. The molecule has 1 heterocycles. The molecule has 9 heteroatoms. The highest BCUT2D eigenvalue weighted by molar-refractivity contribution is 14.1. The number of nitrogens with zero attached hydrogens (tertiary/aromatic N) is 1. The van der Waals surface area contributed by atoms with Crippen LogP contribution in [0.25, 0.3) is 0 Å². The smallest absolute Gasteiger partial charge is 0.342 e. The van der Waals surface area contributed by atoms with Gasteiger partial charge < -0.3 is 15.2 Å². The molecule has 0 unspecified atom stereocenters. The average Bonchev–Trinajstić information content (AvgIpc) is 2.50. The van der Waals surface area contributed by atoms with Crippen LogP contribution in [0, 0.1) is 3.57 Å². The van der Waals surface area contributed by atoms with Gasteiger partial charge in [0, 0.05) is 9.77 Å². The number of aromatic hydroxyl groups is 1. The molecule has 120 valence electrons. The zero-order valence-corrected chi connectivity index (χ0v) is 15.0. The van der Waals surface area contributed by atoms with E-state index in [-0.39, 0.29) is 22.2 Å². The average molecular weight is 467 g/mol. The first-order valence-corrected chi connectivity index (χ1v) is 7.97. The molecule has 23 heavy (non-hydrogen) atoms. The van der Waals surface area contributed by atoms with Gasteiger partial charge in [-0.2, -0.15) is 0 Å². The molecule has 0 spiro atoms. The second kappa shape index (κ2) is 7.80. The molecule has 0 fully saturated rings. The van der Waals surface area contributed by atoms with E-state index in [1.807, 2.05) is 22.6 Å². The number of halogens is 3. The number of aromatic nitrogens is 1. The van der Waals surface area contributed by atoms with E-state index in [1.165, 1.54) is 24.4 Å². The van der Waals surface area contributed by atoms with Crippen molar-refractivity contribution in [2.45, 2.75) is 0 Å². The van der Waals surface area contributed by atoms with E-state index < -0.39 is 18.5 Å². The van der Waals surface area contributed by atoms with E-state index in [2.05, 4.69) is 10.3 Å². The highest BCUT2D eigenvalue weighted by atomic mass is 127. The van der Waals surface area contributed by atoms with Gasteiger partial charge in [0.1, 0.15) is 11.3 Å². The van der Waals surface area contributed by atoms with Crippen LogP contribution in [0.1, 0.15) is 10.4 Å². The molecule has 0 aliphatic heterocycles. The highest BCUT2D eigenvalue weighted by Gasteiger charge is 2.15. The number of hydrogen-bond donors (Lipinski definition) is 2. The Morgan fingerprint density at radius 2 is 2.04 bits per heavy atom. The Morgan fingerprint density at radius 1 is 1.30 bits per heavy atom. The molecule has 0 aliphatic rings. The number of anilines is 1. The third kappa shape index (κ3) is 4.95. The summed E-state index contributed by atoms with van der Waals surface area (Å²) < 4.78 is 5.59. The van der Waals surface area contributed by atoms with Crippen molar-refractivity contribution in [3.63, 3.8) is 0 Å². The van der Waals surface area contributed by atoms with E-state index in [0.29, 0.717) is 5.02 Å². The molecule has 0 saturated carbocycles. The lowest BCUT2D eigenvalue weighted by Gasteiger charge is -2.08. The fraction of sp³-hybridized carbons (Fsp3) is 0.0714. The minimum atomic E-state index is -0.814. The summed E-state index contributed by atoms with van der Waals surface area (Å²) in [6, 6.07) is 5.87. The van der Waals surface area contributed by atoms with Crippen molar-refractivity contribution in [1.29, 1.82) is 0 Å². The molecule has 2 N–H and O–H groups in total. The predicted octanol–water partition coefficient (Wildman–Crippen LogP) is 3.49. The van der Waals surface area contributed by atoms with Crippen molar-refractivity contribution >= 4 is 63.5 Å². The highest BCUT2D eigenvalue weighted by Crippen LogP contribution is 2.23. The molecule has 1 amide bonds. The van der Waals surface area contributed by atoms with Crippen LogP contribution in [-0.4, -0.2) is 28.6 Å². The topological polar surface area (TPSA) is 88.5 Å². The number of pyridine rings is 1. The van der Waals surface area contributed by atoms with Gasteiger partial charge in [0.15, 0.2) is 12.4 Å². The molecule has 1 aromatic carbocycles. The van der Waals surface area contributed by atoms with Crippen molar-refractivity contribution in [3.8, 4) is 5.75 Å². The number of phenolic OH excluding ortho intramolecular Hbond substituents is 1. The standard InChI is InChI=1S/C14H9Cl2IN2O4/c15-7-3-10(16)13(18-5-7)19-12(21)6-23-14(22)9-4-8(17)1-2-11(9)20/h1-5,20H,6H2,(H,18,19,21). The quantitative estimate of drug-likeness (QED) is 0.531. The summed E-state index contributed by atoms with van der Waals surface area (Å²) in [6.45, 7) is -0.551. The van der Waals surface area contributed by atoms with Gasteiger partial charge >= 0.3 is 5.97 Å². The van der Waals surface area contributed by atoms with Crippen LogP contribution in [0.2, 0.25) is 10.0 Å². The summed E-state index contributed by atoms with van der Waals surface area (Å²) in [4.78, 5) is 27.5. The van der Waals surface area contributed by atoms with Crippen LogP contribution in [0.3, 0.4) is 0 Å². The first kappa shape index (κ1) is 17.8. The number of rotatable bonds is 4. The number of hydrogen-bond acceptors (Lipinski definition) is 5. The second-order valence-corrected chi connectivity index (χ2v) is 6.36. The van der Waals surface area contributed by atoms with E-state index in [4.69, 9.17) is 27.9 Å². The summed E-state index contributed by atoms with van der Waals surface area (Å²) >= 11 is 13.6. The third-order valence-corrected chi connectivity index (χ3v) is 3.74. The molecule has 0 saturated heterocycles. The van der Waals surface area contributed by atoms with Crippen LogP contribution >= 0.6 is 45.8 Å². The monoisotopic (exact) mass is 466 g/mol. The van der Waals surface area contributed by atoms with E-state index >= 15 is 0 Å². The van der Waals surface area contributed by atoms with E-state index in [9.17, 15) is 14.7 Å². The number of nitrogens with one attached hydrogen (secondary N) is 1. The van der Waals surface area contributed by atoms with Gasteiger partial charge in [-0.25, -0.2) is 9.78 Å². The van der Waals surface area contributed by atoms with Crippen LogP contribution in [0.15, 0.2) is 30.5 Å². The van der Waals surface area contributed by atoms with Crippen LogP contribution in [-0.2, 0) is 9.53 Å². The number of benzene rings is 1. The van der Waals surface area contributed by atoms with Gasteiger partial charge in [0.25, 0.3) is 5.91 Å². The van der Waals surface area contributed by atoms with Gasteiger partial charge in [0.05, 0.1) is 10.0 Å². The SMILES string of the molecule is O=C(COC(=O)c1cc(I)ccc1O)Nc1ncc(Cl)cc1Cl. The normalized spacial score (nSPS) is 10.2. The first-order valence-electron chi connectivity index (χ1n) is 6.13. The fourth-order valence-electron chi connectivity index (χ4n) is 1.56. The summed E-state index contributed by atoms with van der Waals surface area (Å²) in [5.41, 5.74) is -0.0210. The zero-order chi connectivity index (χ0) is 17.0. The predicted molar refractivity (Wildman–Crippen MR) is 94.0 cm³/mol. The molecular weight excluding hydrogens is 458 g/mol. The molecule has 0 atom stereocenters. The van der Waals surface area contributed by atoms with Gasteiger partial charge in [-0.3, -0.25) is 4.79 Å². The Balaban J connectivity index is 1.96. The maximum Gasteiger partial charge on any atom is 0.342 e. The van der Waals surface area contributed by atoms with E-state index in [0.717, 1.165) is 3.57 Å². The molecule has 2 rings (SSSR count). The van der Waals surface area contributed by atoms with Crippen LogP contribution in [0.5, 0.6) is 5.75 Å². The Labute approximate surface area is 154 Å². The largest absolute Gasteiger partial charge is 0.507 e. The third-order valence-electron chi connectivity index (χ3n) is 2.58. The molecule has 0 bridgehead atoms. The van der Waals surface area contributed by atoms with Crippen molar-refractivity contribution in [2.24, 2.45) is 0 Å². The molecule has 0 aliphatic carbocycles. The Hall–Kier alpha value is -1.58. The second-order valence-electron chi connectivity index (χ2n) is 4.27. The number of phenols is 1. The van der Waals surface area contributed by atoms with Crippen molar-refractivity contribution in [2.75, 3.05) is 11.9 Å². The van der Waals surface area contributed by atoms with Gasteiger partial charge in [-0.1, -0.05) is 23.2 Å². The van der Waals surface area contributed by atoms with Crippen molar-refractivity contribution in [3.05, 3.63) is 49.6 Å². The summed E-state index contributed by atoms with van der Waals surface area (Å²) in [7, 11) is 0.